The Labute approximate surface area is 107 Å². The van der Waals surface area contributed by atoms with E-state index in [9.17, 15) is 0 Å². The van der Waals surface area contributed by atoms with Gasteiger partial charge in [-0.2, -0.15) is 0 Å². The van der Waals surface area contributed by atoms with Gasteiger partial charge >= 0.3 is 0 Å². The normalized spacial score (nSPS) is 46.7. The van der Waals surface area contributed by atoms with Gasteiger partial charge in [-0.15, -0.1) is 0 Å². The van der Waals surface area contributed by atoms with Crippen molar-refractivity contribution in [2.45, 2.75) is 57.5 Å². The van der Waals surface area contributed by atoms with Crippen molar-refractivity contribution in [1.29, 1.82) is 0 Å². The Balaban J connectivity index is 1.58. The SMILES string of the molecule is BrCC1(CCC2CCCO2)CC2CCC1C2. The fourth-order valence-electron chi connectivity index (χ4n) is 4.42. The number of alkyl halides is 1. The molecule has 3 fully saturated rings. The van der Waals surface area contributed by atoms with Crippen molar-refractivity contribution in [3.05, 3.63) is 0 Å². The molecule has 2 heteroatoms. The molecule has 1 nitrogen and oxygen atoms in total. The third-order valence-corrected chi connectivity index (χ3v) is 6.47. The highest BCUT2D eigenvalue weighted by Gasteiger charge is 2.49. The van der Waals surface area contributed by atoms with Crippen molar-refractivity contribution in [2.75, 3.05) is 11.9 Å². The lowest BCUT2D eigenvalue weighted by atomic mass is 9.71. The van der Waals surface area contributed by atoms with Crippen LogP contribution in [-0.4, -0.2) is 18.0 Å². The molecule has 3 rings (SSSR count). The second kappa shape index (κ2) is 4.61. The average molecular weight is 287 g/mol. The van der Waals surface area contributed by atoms with E-state index < -0.39 is 0 Å². The summed E-state index contributed by atoms with van der Waals surface area (Å²) in [6.45, 7) is 1.01. The average Bonchev–Trinajstić information content (AvgIpc) is 3.02. The van der Waals surface area contributed by atoms with Crippen LogP contribution in [0.1, 0.15) is 51.4 Å². The van der Waals surface area contributed by atoms with Crippen LogP contribution in [0.2, 0.25) is 0 Å². The number of rotatable bonds is 4. The number of hydrogen-bond acceptors (Lipinski definition) is 1. The molecule has 16 heavy (non-hydrogen) atoms. The van der Waals surface area contributed by atoms with Gasteiger partial charge in [-0.05, 0) is 62.2 Å². The van der Waals surface area contributed by atoms with Crippen LogP contribution >= 0.6 is 15.9 Å². The van der Waals surface area contributed by atoms with Crippen molar-refractivity contribution in [1.82, 2.24) is 0 Å². The topological polar surface area (TPSA) is 9.23 Å². The predicted molar refractivity (Wildman–Crippen MR) is 69.9 cm³/mol. The van der Waals surface area contributed by atoms with Crippen LogP contribution in [0.3, 0.4) is 0 Å². The first-order valence-electron chi connectivity index (χ1n) is 7.00. The van der Waals surface area contributed by atoms with Gasteiger partial charge in [0, 0.05) is 11.9 Å². The minimum absolute atomic E-state index is 0.593. The van der Waals surface area contributed by atoms with E-state index in [0.29, 0.717) is 11.5 Å². The second-order valence-corrected chi connectivity index (χ2v) is 6.81. The van der Waals surface area contributed by atoms with Crippen molar-refractivity contribution in [2.24, 2.45) is 17.3 Å². The molecule has 4 unspecified atom stereocenters. The van der Waals surface area contributed by atoms with Gasteiger partial charge in [0.25, 0.3) is 0 Å². The molecule has 0 amide bonds. The fraction of sp³-hybridized carbons (Fsp3) is 1.00. The summed E-state index contributed by atoms with van der Waals surface area (Å²) < 4.78 is 5.77. The predicted octanol–water partition coefficient (Wildman–Crippen LogP) is 4.15. The van der Waals surface area contributed by atoms with Crippen LogP contribution in [0.25, 0.3) is 0 Å². The maximum Gasteiger partial charge on any atom is 0.0576 e. The maximum atomic E-state index is 5.77. The highest BCUT2D eigenvalue weighted by atomic mass is 79.9. The molecule has 0 aromatic rings. The Morgan fingerprint density at radius 1 is 1.25 bits per heavy atom. The lowest BCUT2D eigenvalue weighted by Crippen LogP contribution is -2.30. The molecule has 2 aliphatic carbocycles. The van der Waals surface area contributed by atoms with Gasteiger partial charge in [-0.1, -0.05) is 22.4 Å². The van der Waals surface area contributed by atoms with E-state index in [2.05, 4.69) is 15.9 Å². The summed E-state index contributed by atoms with van der Waals surface area (Å²) in [5, 5.41) is 1.23. The van der Waals surface area contributed by atoms with Gasteiger partial charge in [0.15, 0.2) is 0 Å². The van der Waals surface area contributed by atoms with E-state index in [0.717, 1.165) is 18.4 Å². The maximum absolute atomic E-state index is 5.77. The van der Waals surface area contributed by atoms with Crippen LogP contribution in [0.5, 0.6) is 0 Å². The zero-order valence-corrected chi connectivity index (χ0v) is 11.7. The minimum Gasteiger partial charge on any atom is -0.378 e. The summed E-state index contributed by atoms with van der Waals surface area (Å²) in [7, 11) is 0. The van der Waals surface area contributed by atoms with E-state index in [1.807, 2.05) is 0 Å². The molecule has 1 heterocycles. The van der Waals surface area contributed by atoms with Crippen LogP contribution in [0.15, 0.2) is 0 Å². The van der Waals surface area contributed by atoms with E-state index in [1.165, 1.54) is 56.7 Å². The van der Waals surface area contributed by atoms with Crippen molar-refractivity contribution < 1.29 is 4.74 Å². The molecule has 2 saturated carbocycles. The molecule has 0 N–H and O–H groups in total. The number of fused-ring (bicyclic) bond motifs is 2. The monoisotopic (exact) mass is 286 g/mol. The first kappa shape index (κ1) is 11.5. The van der Waals surface area contributed by atoms with Crippen LogP contribution in [-0.2, 0) is 4.74 Å². The van der Waals surface area contributed by atoms with E-state index >= 15 is 0 Å². The highest BCUT2D eigenvalue weighted by molar-refractivity contribution is 9.09. The summed E-state index contributed by atoms with van der Waals surface area (Å²) in [5.74, 6) is 2.09. The minimum atomic E-state index is 0.593. The Hall–Kier alpha value is 0.440. The van der Waals surface area contributed by atoms with Crippen molar-refractivity contribution >= 4 is 15.9 Å². The second-order valence-electron chi connectivity index (χ2n) is 6.25. The smallest absolute Gasteiger partial charge is 0.0576 e. The molecule has 0 aromatic heterocycles. The first-order chi connectivity index (χ1) is 7.82. The molecule has 0 radical (unpaired) electrons. The van der Waals surface area contributed by atoms with Crippen molar-refractivity contribution in [3.8, 4) is 0 Å². The molecular weight excluding hydrogens is 264 g/mol. The fourth-order valence-corrected chi connectivity index (χ4v) is 5.38. The summed E-state index contributed by atoms with van der Waals surface area (Å²) >= 11 is 3.80. The summed E-state index contributed by atoms with van der Waals surface area (Å²) in [4.78, 5) is 0. The third kappa shape index (κ3) is 1.96. The molecule has 1 saturated heterocycles. The quantitative estimate of drug-likeness (QED) is 0.706. The molecular formula is C14H23BrO. The molecule has 4 atom stereocenters. The molecule has 1 aliphatic heterocycles. The first-order valence-corrected chi connectivity index (χ1v) is 8.12. The van der Waals surface area contributed by atoms with E-state index in [4.69, 9.17) is 4.74 Å². The Bertz CT molecular complexity index is 249. The standard InChI is InChI=1S/C14H23BrO/c15-10-14(6-5-13-2-1-7-16-13)9-11-3-4-12(14)8-11/h11-13H,1-10H2. The summed E-state index contributed by atoms with van der Waals surface area (Å²) in [6.07, 6.45) is 12.0. The number of halogens is 1. The van der Waals surface area contributed by atoms with Crippen LogP contribution in [0, 0.1) is 17.3 Å². The molecule has 92 valence electrons. The van der Waals surface area contributed by atoms with E-state index in [-0.39, 0.29) is 0 Å². The molecule has 2 bridgehead atoms. The summed E-state index contributed by atoms with van der Waals surface area (Å²) in [6, 6.07) is 0. The lowest BCUT2D eigenvalue weighted by molar-refractivity contribution is 0.0786. The Morgan fingerprint density at radius 3 is 2.75 bits per heavy atom. The van der Waals surface area contributed by atoms with Gasteiger partial charge < -0.3 is 4.74 Å². The van der Waals surface area contributed by atoms with Gasteiger partial charge in [-0.25, -0.2) is 0 Å². The van der Waals surface area contributed by atoms with Gasteiger partial charge in [0.05, 0.1) is 6.10 Å². The Morgan fingerprint density at radius 2 is 2.19 bits per heavy atom. The van der Waals surface area contributed by atoms with Crippen LogP contribution < -0.4 is 0 Å². The van der Waals surface area contributed by atoms with Gasteiger partial charge in [0.2, 0.25) is 0 Å². The molecule has 3 aliphatic rings. The number of ether oxygens (including phenoxy) is 1. The zero-order valence-electron chi connectivity index (χ0n) is 10.1. The molecule has 0 spiro atoms. The van der Waals surface area contributed by atoms with Gasteiger partial charge in [-0.3, -0.25) is 0 Å². The highest BCUT2D eigenvalue weighted by Crippen LogP contribution is 2.58. The molecule has 0 aromatic carbocycles. The third-order valence-electron chi connectivity index (χ3n) is 5.36. The zero-order chi connectivity index (χ0) is 11.0. The summed E-state index contributed by atoms with van der Waals surface area (Å²) in [5.41, 5.74) is 0.648. The Kier molecular flexibility index (Phi) is 3.32. The van der Waals surface area contributed by atoms with E-state index in [1.54, 1.807) is 0 Å². The van der Waals surface area contributed by atoms with Crippen LogP contribution in [0.4, 0.5) is 0 Å². The van der Waals surface area contributed by atoms with Crippen molar-refractivity contribution in [3.63, 3.8) is 0 Å². The largest absolute Gasteiger partial charge is 0.378 e. The lowest BCUT2D eigenvalue weighted by Gasteiger charge is -2.37. The van der Waals surface area contributed by atoms with Gasteiger partial charge in [0.1, 0.15) is 0 Å². The number of hydrogen-bond donors (Lipinski definition) is 0.